The first kappa shape index (κ1) is 13.9. The molecular weight excluding hydrogens is 232 g/mol. The molecule has 0 aromatic heterocycles. The number of fused-ring (bicyclic) bond motifs is 1. The topological polar surface area (TPSA) is 29.3 Å². The normalized spacial score (nSPS) is 43.9. The molecule has 0 aromatic carbocycles. The van der Waals surface area contributed by atoms with Crippen LogP contribution < -0.4 is 5.73 Å². The zero-order valence-corrected chi connectivity index (χ0v) is 12.9. The molecule has 1 heterocycles. The van der Waals surface area contributed by atoms with Crippen LogP contribution in [-0.4, -0.2) is 30.1 Å². The van der Waals surface area contributed by atoms with Gasteiger partial charge in [0.2, 0.25) is 0 Å². The van der Waals surface area contributed by atoms with Gasteiger partial charge >= 0.3 is 0 Å². The maximum Gasteiger partial charge on any atom is 0.0337 e. The molecule has 2 unspecified atom stereocenters. The summed E-state index contributed by atoms with van der Waals surface area (Å²) >= 11 is 0. The summed E-state index contributed by atoms with van der Waals surface area (Å²) in [5.41, 5.74) is 6.57. The van der Waals surface area contributed by atoms with E-state index in [2.05, 4.69) is 18.7 Å². The second-order valence-electron chi connectivity index (χ2n) is 7.88. The van der Waals surface area contributed by atoms with Crippen molar-refractivity contribution in [3.63, 3.8) is 0 Å². The second-order valence-corrected chi connectivity index (χ2v) is 7.88. The molecule has 2 nitrogen and oxygen atoms in total. The quantitative estimate of drug-likeness (QED) is 0.848. The summed E-state index contributed by atoms with van der Waals surface area (Å²) in [5.74, 6) is 3.80. The van der Waals surface area contributed by atoms with Gasteiger partial charge in [0, 0.05) is 18.6 Å². The summed E-state index contributed by atoms with van der Waals surface area (Å²) in [6.45, 7) is 8.31. The van der Waals surface area contributed by atoms with Gasteiger partial charge in [0.15, 0.2) is 0 Å². The van der Waals surface area contributed by atoms with Gasteiger partial charge in [-0.05, 0) is 55.9 Å². The first-order valence-corrected chi connectivity index (χ1v) is 8.60. The highest BCUT2D eigenvalue weighted by Gasteiger charge is 2.50. The molecular formula is C17H32N2. The van der Waals surface area contributed by atoms with Crippen LogP contribution in [0.3, 0.4) is 0 Å². The monoisotopic (exact) mass is 264 g/mol. The molecule has 2 saturated carbocycles. The second kappa shape index (κ2) is 5.37. The molecule has 1 saturated heterocycles. The molecule has 0 radical (unpaired) electrons. The maximum absolute atomic E-state index is 6.19. The zero-order chi connectivity index (χ0) is 13.5. The van der Waals surface area contributed by atoms with Gasteiger partial charge in [-0.15, -0.1) is 0 Å². The Morgan fingerprint density at radius 2 is 1.79 bits per heavy atom. The number of rotatable bonds is 3. The summed E-state index contributed by atoms with van der Waals surface area (Å²) in [5, 5.41) is 0. The molecule has 3 rings (SSSR count). The first-order valence-electron chi connectivity index (χ1n) is 8.60. The van der Waals surface area contributed by atoms with E-state index in [-0.39, 0.29) is 0 Å². The van der Waals surface area contributed by atoms with Crippen molar-refractivity contribution in [3.8, 4) is 0 Å². The van der Waals surface area contributed by atoms with Crippen LogP contribution >= 0.6 is 0 Å². The van der Waals surface area contributed by atoms with Crippen LogP contribution in [0.1, 0.15) is 58.8 Å². The highest BCUT2D eigenvalue weighted by atomic mass is 15.2. The molecule has 2 N–H and O–H groups in total. The fraction of sp³-hybridized carbons (Fsp3) is 1.00. The largest absolute Gasteiger partial charge is 0.329 e. The van der Waals surface area contributed by atoms with E-state index in [1.165, 1.54) is 58.0 Å². The first-order chi connectivity index (χ1) is 9.14. The number of piperidine rings is 1. The summed E-state index contributed by atoms with van der Waals surface area (Å²) in [4.78, 5) is 2.80. The summed E-state index contributed by atoms with van der Waals surface area (Å²) in [6.07, 6.45) is 10.1. The van der Waals surface area contributed by atoms with Crippen LogP contribution in [0.4, 0.5) is 0 Å². The van der Waals surface area contributed by atoms with Crippen molar-refractivity contribution in [3.05, 3.63) is 0 Å². The Hall–Kier alpha value is -0.0800. The van der Waals surface area contributed by atoms with E-state index < -0.39 is 0 Å². The average molecular weight is 264 g/mol. The number of nitrogens with two attached hydrogens (primary N) is 1. The highest BCUT2D eigenvalue weighted by Crippen LogP contribution is 2.48. The average Bonchev–Trinajstić information content (AvgIpc) is 2.37. The Labute approximate surface area is 119 Å². The third-order valence-corrected chi connectivity index (χ3v) is 6.57. The van der Waals surface area contributed by atoms with Gasteiger partial charge in [0.25, 0.3) is 0 Å². The van der Waals surface area contributed by atoms with Crippen LogP contribution in [0.2, 0.25) is 0 Å². The molecule has 0 bridgehead atoms. The predicted octanol–water partition coefficient (Wildman–Crippen LogP) is 3.26. The molecule has 3 fully saturated rings. The molecule has 0 spiro atoms. The van der Waals surface area contributed by atoms with Crippen LogP contribution in [0.15, 0.2) is 0 Å². The minimum atomic E-state index is 0.386. The van der Waals surface area contributed by atoms with E-state index in [4.69, 9.17) is 5.73 Å². The van der Waals surface area contributed by atoms with Crippen molar-refractivity contribution >= 4 is 0 Å². The van der Waals surface area contributed by atoms with Crippen molar-refractivity contribution in [1.29, 1.82) is 0 Å². The fourth-order valence-corrected chi connectivity index (χ4v) is 4.97. The van der Waals surface area contributed by atoms with Gasteiger partial charge in [0.1, 0.15) is 0 Å². The third-order valence-electron chi connectivity index (χ3n) is 6.57. The van der Waals surface area contributed by atoms with E-state index >= 15 is 0 Å². The Bertz CT molecular complexity index is 306. The number of nitrogens with zero attached hydrogens (tertiary/aromatic N) is 1. The van der Waals surface area contributed by atoms with E-state index in [9.17, 15) is 0 Å². The standard InChI is InChI=1S/C17H32N2/c1-13(2)16-9-17(10-16,12-18)19-8-7-14-5-3-4-6-15(14)11-19/h13-16H,3-12,18H2,1-2H3. The van der Waals surface area contributed by atoms with Gasteiger partial charge in [-0.3, -0.25) is 4.90 Å². The van der Waals surface area contributed by atoms with E-state index in [1.807, 2.05) is 0 Å². The van der Waals surface area contributed by atoms with E-state index in [0.29, 0.717) is 5.54 Å². The summed E-state index contributed by atoms with van der Waals surface area (Å²) in [6, 6.07) is 0. The van der Waals surface area contributed by atoms with Crippen LogP contribution in [0.25, 0.3) is 0 Å². The summed E-state index contributed by atoms with van der Waals surface area (Å²) in [7, 11) is 0. The van der Waals surface area contributed by atoms with Crippen molar-refractivity contribution in [1.82, 2.24) is 4.90 Å². The van der Waals surface area contributed by atoms with E-state index in [0.717, 1.165) is 30.2 Å². The van der Waals surface area contributed by atoms with Crippen LogP contribution in [0.5, 0.6) is 0 Å². The van der Waals surface area contributed by atoms with Crippen LogP contribution in [-0.2, 0) is 0 Å². The zero-order valence-electron chi connectivity index (χ0n) is 12.9. The van der Waals surface area contributed by atoms with Gasteiger partial charge in [-0.1, -0.05) is 33.1 Å². The number of hydrogen-bond donors (Lipinski definition) is 1. The van der Waals surface area contributed by atoms with Gasteiger partial charge in [-0.2, -0.15) is 0 Å². The lowest BCUT2D eigenvalue weighted by Crippen LogP contribution is -2.65. The molecule has 1 aliphatic heterocycles. The number of likely N-dealkylation sites (tertiary alicyclic amines) is 1. The molecule has 2 heteroatoms. The van der Waals surface area contributed by atoms with Gasteiger partial charge < -0.3 is 5.73 Å². The van der Waals surface area contributed by atoms with Crippen LogP contribution in [0, 0.1) is 23.7 Å². The molecule has 19 heavy (non-hydrogen) atoms. The van der Waals surface area contributed by atoms with Crippen molar-refractivity contribution in [2.45, 2.75) is 64.3 Å². The Balaban J connectivity index is 1.62. The molecule has 110 valence electrons. The highest BCUT2D eigenvalue weighted by molar-refractivity contribution is 5.05. The van der Waals surface area contributed by atoms with E-state index in [1.54, 1.807) is 0 Å². The minimum absolute atomic E-state index is 0.386. The van der Waals surface area contributed by atoms with Crippen molar-refractivity contribution < 1.29 is 0 Å². The van der Waals surface area contributed by atoms with Gasteiger partial charge in [0.05, 0.1) is 0 Å². The molecule has 0 amide bonds. The predicted molar refractivity (Wildman–Crippen MR) is 81.0 cm³/mol. The van der Waals surface area contributed by atoms with Crippen molar-refractivity contribution in [2.24, 2.45) is 29.4 Å². The lowest BCUT2D eigenvalue weighted by atomic mass is 9.62. The minimum Gasteiger partial charge on any atom is -0.329 e. The lowest BCUT2D eigenvalue weighted by molar-refractivity contribution is -0.0715. The van der Waals surface area contributed by atoms with Gasteiger partial charge in [-0.25, -0.2) is 0 Å². The fourth-order valence-electron chi connectivity index (χ4n) is 4.97. The Morgan fingerprint density at radius 3 is 2.42 bits per heavy atom. The molecule has 2 aliphatic carbocycles. The third kappa shape index (κ3) is 2.47. The summed E-state index contributed by atoms with van der Waals surface area (Å²) < 4.78 is 0. The maximum atomic E-state index is 6.19. The molecule has 3 aliphatic rings. The number of hydrogen-bond acceptors (Lipinski definition) is 2. The Kier molecular flexibility index (Phi) is 3.92. The molecule has 0 aromatic rings. The Morgan fingerprint density at radius 1 is 1.11 bits per heavy atom. The molecule has 2 atom stereocenters. The van der Waals surface area contributed by atoms with Crippen molar-refractivity contribution in [2.75, 3.05) is 19.6 Å². The SMILES string of the molecule is CC(C)C1CC(CN)(N2CCC3CCCCC3C2)C1. The smallest absolute Gasteiger partial charge is 0.0337 e. The lowest BCUT2D eigenvalue weighted by Gasteiger charge is -2.58.